The average Bonchev–Trinajstić information content (AvgIpc) is 2.18. The summed E-state index contributed by atoms with van der Waals surface area (Å²) < 4.78 is 5.27. The maximum absolute atomic E-state index is 8.62. The van der Waals surface area contributed by atoms with Crippen molar-refractivity contribution in [3.05, 3.63) is 28.8 Å². The Morgan fingerprint density at radius 2 is 2.29 bits per heavy atom. The molecule has 0 unspecified atom stereocenters. The number of rotatable bonds is 4. The first kappa shape index (κ1) is 10.8. The second kappa shape index (κ2) is 5.48. The first-order valence-corrected chi connectivity index (χ1v) is 4.59. The third-order valence-electron chi connectivity index (χ3n) is 1.63. The molecular weight excluding hydrogens is 202 g/mol. The summed E-state index contributed by atoms with van der Waals surface area (Å²) in [5.41, 5.74) is 0.432. The van der Waals surface area contributed by atoms with Crippen molar-refractivity contribution in [1.82, 2.24) is 0 Å². The van der Waals surface area contributed by atoms with E-state index in [4.69, 9.17) is 26.7 Å². The number of aliphatic hydroxyl groups excluding tert-OH is 1. The SMILES string of the molecule is N#Cc1ccc(OCCCO)cc1Cl. The number of hydrogen-bond acceptors (Lipinski definition) is 3. The molecule has 0 fully saturated rings. The van der Waals surface area contributed by atoms with E-state index in [1.807, 2.05) is 6.07 Å². The molecule has 0 bridgehead atoms. The van der Waals surface area contributed by atoms with Gasteiger partial charge in [0.15, 0.2) is 0 Å². The van der Waals surface area contributed by atoms with E-state index in [2.05, 4.69) is 0 Å². The lowest BCUT2D eigenvalue weighted by Gasteiger charge is -2.05. The molecule has 1 aromatic rings. The normalized spacial score (nSPS) is 9.50. The highest BCUT2D eigenvalue weighted by Gasteiger charge is 2.01. The van der Waals surface area contributed by atoms with Crippen molar-refractivity contribution in [2.45, 2.75) is 6.42 Å². The molecule has 0 radical (unpaired) electrons. The van der Waals surface area contributed by atoms with Gasteiger partial charge in [0.1, 0.15) is 11.8 Å². The predicted octanol–water partition coefficient (Wildman–Crippen LogP) is 1.97. The molecule has 0 aromatic heterocycles. The number of hydrogen-bond donors (Lipinski definition) is 1. The highest BCUT2D eigenvalue weighted by molar-refractivity contribution is 6.31. The van der Waals surface area contributed by atoms with Crippen LogP contribution in [0.2, 0.25) is 5.02 Å². The molecule has 1 N–H and O–H groups in total. The average molecular weight is 212 g/mol. The standard InChI is InChI=1S/C10H10ClNO2/c11-10-6-9(14-5-1-4-13)3-2-8(10)7-12/h2-3,6,13H,1,4-5H2. The minimum absolute atomic E-state index is 0.101. The molecule has 1 aromatic carbocycles. The second-order valence-corrected chi connectivity index (χ2v) is 3.09. The lowest BCUT2D eigenvalue weighted by atomic mass is 10.2. The van der Waals surface area contributed by atoms with Crippen LogP contribution >= 0.6 is 11.6 Å². The Morgan fingerprint density at radius 1 is 1.50 bits per heavy atom. The molecule has 4 heteroatoms. The van der Waals surface area contributed by atoms with Gasteiger partial charge in [-0.05, 0) is 12.1 Å². The Bertz CT molecular complexity index is 346. The molecule has 3 nitrogen and oxygen atoms in total. The Hall–Kier alpha value is -1.24. The number of nitriles is 1. The van der Waals surface area contributed by atoms with E-state index in [1.54, 1.807) is 18.2 Å². The van der Waals surface area contributed by atoms with Crippen LogP contribution in [0, 0.1) is 11.3 Å². The van der Waals surface area contributed by atoms with E-state index < -0.39 is 0 Å². The van der Waals surface area contributed by atoms with E-state index in [9.17, 15) is 0 Å². The lowest BCUT2D eigenvalue weighted by molar-refractivity contribution is 0.233. The molecule has 0 saturated carbocycles. The fraction of sp³-hybridized carbons (Fsp3) is 0.300. The largest absolute Gasteiger partial charge is 0.493 e. The zero-order valence-corrected chi connectivity index (χ0v) is 8.29. The Labute approximate surface area is 87.5 Å². The first-order valence-electron chi connectivity index (χ1n) is 4.21. The summed E-state index contributed by atoms with van der Waals surface area (Å²) in [5.74, 6) is 0.613. The maximum atomic E-state index is 8.62. The van der Waals surface area contributed by atoms with Gasteiger partial charge in [0.2, 0.25) is 0 Å². The summed E-state index contributed by atoms with van der Waals surface area (Å²) >= 11 is 5.79. The van der Waals surface area contributed by atoms with E-state index in [-0.39, 0.29) is 6.61 Å². The molecule has 14 heavy (non-hydrogen) atoms. The van der Waals surface area contributed by atoms with Crippen molar-refractivity contribution >= 4 is 11.6 Å². The fourth-order valence-corrected chi connectivity index (χ4v) is 1.14. The van der Waals surface area contributed by atoms with Crippen LogP contribution < -0.4 is 4.74 Å². The van der Waals surface area contributed by atoms with Crippen LogP contribution in [0.4, 0.5) is 0 Å². The Kier molecular flexibility index (Phi) is 4.24. The molecule has 74 valence electrons. The Balaban J connectivity index is 2.63. The summed E-state index contributed by atoms with van der Waals surface area (Å²) in [6.07, 6.45) is 0.581. The highest BCUT2D eigenvalue weighted by Crippen LogP contribution is 2.21. The first-order chi connectivity index (χ1) is 6.77. The highest BCUT2D eigenvalue weighted by atomic mass is 35.5. The number of ether oxygens (including phenoxy) is 1. The molecule has 0 heterocycles. The van der Waals surface area contributed by atoms with Crippen LogP contribution in [0.3, 0.4) is 0 Å². The molecule has 1 rings (SSSR count). The summed E-state index contributed by atoms with van der Waals surface area (Å²) in [4.78, 5) is 0. The molecule has 0 spiro atoms. The van der Waals surface area contributed by atoms with Crippen molar-refractivity contribution in [2.24, 2.45) is 0 Å². The predicted molar refractivity (Wildman–Crippen MR) is 53.4 cm³/mol. The second-order valence-electron chi connectivity index (χ2n) is 2.68. The van der Waals surface area contributed by atoms with Gasteiger partial charge in [0, 0.05) is 19.1 Å². The molecule has 0 aliphatic carbocycles. The van der Waals surface area contributed by atoms with Gasteiger partial charge in [0.25, 0.3) is 0 Å². The van der Waals surface area contributed by atoms with Crippen molar-refractivity contribution in [1.29, 1.82) is 5.26 Å². The lowest BCUT2D eigenvalue weighted by Crippen LogP contribution is -1.99. The summed E-state index contributed by atoms with van der Waals surface area (Å²) in [6.45, 7) is 0.544. The summed E-state index contributed by atoms with van der Waals surface area (Å²) in [6, 6.07) is 6.85. The zero-order chi connectivity index (χ0) is 10.4. The van der Waals surface area contributed by atoms with E-state index >= 15 is 0 Å². The molecule has 0 saturated heterocycles. The van der Waals surface area contributed by atoms with Crippen LogP contribution in [-0.2, 0) is 0 Å². The molecule has 0 aliphatic heterocycles. The summed E-state index contributed by atoms with van der Waals surface area (Å²) in [5, 5.41) is 17.5. The van der Waals surface area contributed by atoms with Crippen molar-refractivity contribution in [3.63, 3.8) is 0 Å². The third kappa shape index (κ3) is 2.91. The number of nitrogens with zero attached hydrogens (tertiary/aromatic N) is 1. The fourth-order valence-electron chi connectivity index (χ4n) is 0.931. The van der Waals surface area contributed by atoms with E-state index in [1.165, 1.54) is 0 Å². The minimum Gasteiger partial charge on any atom is -0.493 e. The monoisotopic (exact) mass is 211 g/mol. The molecule has 0 aliphatic rings. The van der Waals surface area contributed by atoms with Gasteiger partial charge < -0.3 is 9.84 Å². The topological polar surface area (TPSA) is 53.2 Å². The van der Waals surface area contributed by atoms with Crippen molar-refractivity contribution < 1.29 is 9.84 Å². The van der Waals surface area contributed by atoms with Gasteiger partial charge in [0.05, 0.1) is 17.2 Å². The number of benzene rings is 1. The van der Waals surface area contributed by atoms with Gasteiger partial charge in [-0.25, -0.2) is 0 Å². The molecule has 0 atom stereocenters. The Morgan fingerprint density at radius 3 is 2.86 bits per heavy atom. The van der Waals surface area contributed by atoms with Gasteiger partial charge in [-0.2, -0.15) is 5.26 Å². The quantitative estimate of drug-likeness (QED) is 0.775. The third-order valence-corrected chi connectivity index (χ3v) is 1.94. The van der Waals surface area contributed by atoms with Crippen LogP contribution in [0.5, 0.6) is 5.75 Å². The van der Waals surface area contributed by atoms with Gasteiger partial charge in [-0.3, -0.25) is 0 Å². The van der Waals surface area contributed by atoms with Crippen molar-refractivity contribution in [3.8, 4) is 11.8 Å². The maximum Gasteiger partial charge on any atom is 0.120 e. The summed E-state index contributed by atoms with van der Waals surface area (Å²) in [7, 11) is 0. The van der Waals surface area contributed by atoms with Gasteiger partial charge in [-0.15, -0.1) is 0 Å². The van der Waals surface area contributed by atoms with Crippen molar-refractivity contribution in [2.75, 3.05) is 13.2 Å². The van der Waals surface area contributed by atoms with Crippen LogP contribution in [0.1, 0.15) is 12.0 Å². The number of aliphatic hydroxyl groups is 1. The van der Waals surface area contributed by atoms with E-state index in [0.717, 1.165) is 0 Å². The van der Waals surface area contributed by atoms with Crippen LogP contribution in [-0.4, -0.2) is 18.3 Å². The zero-order valence-electron chi connectivity index (χ0n) is 7.53. The van der Waals surface area contributed by atoms with Gasteiger partial charge in [-0.1, -0.05) is 11.6 Å². The van der Waals surface area contributed by atoms with Gasteiger partial charge >= 0.3 is 0 Å². The number of halogens is 1. The van der Waals surface area contributed by atoms with Crippen LogP contribution in [0.15, 0.2) is 18.2 Å². The van der Waals surface area contributed by atoms with E-state index in [0.29, 0.717) is 29.4 Å². The molecule has 0 amide bonds. The minimum atomic E-state index is 0.101. The van der Waals surface area contributed by atoms with Crippen LogP contribution in [0.25, 0.3) is 0 Å². The smallest absolute Gasteiger partial charge is 0.120 e. The molecular formula is C10H10ClNO2.